The molecule has 0 spiro atoms. The van der Waals surface area contributed by atoms with Crippen molar-refractivity contribution in [2.24, 2.45) is 0 Å². The third kappa shape index (κ3) is 1.49. The molecule has 2 aromatic rings. The van der Waals surface area contributed by atoms with Crippen LogP contribution < -0.4 is 5.43 Å². The van der Waals surface area contributed by atoms with Gasteiger partial charge in [0.1, 0.15) is 0 Å². The fourth-order valence-corrected chi connectivity index (χ4v) is 2.41. The zero-order chi connectivity index (χ0) is 13.6. The van der Waals surface area contributed by atoms with Gasteiger partial charge in [-0.15, -0.1) is 0 Å². The van der Waals surface area contributed by atoms with Crippen molar-refractivity contribution in [1.82, 2.24) is 4.68 Å². The first-order chi connectivity index (χ1) is 9.07. The second-order valence-corrected chi connectivity index (χ2v) is 4.77. The molecular weight excluding hydrogens is 228 g/mol. The summed E-state index contributed by atoms with van der Waals surface area (Å²) < 4.78 is 15.2. The zero-order valence-electron chi connectivity index (χ0n) is 11.5. The summed E-state index contributed by atoms with van der Waals surface area (Å²) in [5.41, 5.74) is 4.15. The molecule has 1 aliphatic heterocycles. The van der Waals surface area contributed by atoms with Crippen LogP contribution in [0.25, 0.3) is 10.9 Å². The Labute approximate surface area is 107 Å². The highest BCUT2D eigenvalue weighted by Gasteiger charge is 2.41. The van der Waals surface area contributed by atoms with Crippen LogP contribution in [0.3, 0.4) is 0 Å². The molecule has 1 aromatic carbocycles. The molecule has 3 rings (SSSR count). The van der Waals surface area contributed by atoms with Crippen molar-refractivity contribution < 1.29 is 10.9 Å². The van der Waals surface area contributed by atoms with Crippen LogP contribution in [-0.2, 0) is 16.0 Å². The first-order valence-electron chi connectivity index (χ1n) is 6.61. The molecular formula is C14H16N2O2. The van der Waals surface area contributed by atoms with Crippen molar-refractivity contribution in [2.45, 2.75) is 25.8 Å². The van der Waals surface area contributed by atoms with Crippen molar-refractivity contribution in [3.8, 4) is 0 Å². The van der Waals surface area contributed by atoms with Crippen molar-refractivity contribution in [3.05, 3.63) is 36.0 Å². The molecule has 0 saturated carbocycles. The van der Waals surface area contributed by atoms with Crippen LogP contribution in [0.2, 0.25) is 0 Å². The number of rotatable bonds is 2. The summed E-state index contributed by atoms with van der Waals surface area (Å²) in [5, 5.41) is 0.899. The summed E-state index contributed by atoms with van der Waals surface area (Å²) >= 11 is 0. The highest BCUT2D eigenvalue weighted by atomic mass is 16.5. The van der Waals surface area contributed by atoms with Crippen LogP contribution in [0.1, 0.15) is 20.9 Å². The molecule has 94 valence electrons. The summed E-state index contributed by atoms with van der Waals surface area (Å²) in [4.78, 5) is 12.0. The molecule has 4 heteroatoms. The fraction of sp³-hybridized carbons (Fsp3) is 0.357. The molecule has 1 aromatic heterocycles. The Morgan fingerprint density at radius 3 is 3.17 bits per heavy atom. The number of fused-ring (bicyclic) bond motifs is 3. The highest BCUT2D eigenvalue weighted by Crippen LogP contribution is 2.29. The van der Waals surface area contributed by atoms with Crippen molar-refractivity contribution in [3.63, 3.8) is 0 Å². The van der Waals surface area contributed by atoms with E-state index in [-0.39, 0.29) is 5.97 Å². The molecule has 0 aliphatic carbocycles. The number of nitrogens with one attached hydrogen (secondary N) is 1. The molecule has 2 heterocycles. The van der Waals surface area contributed by atoms with Gasteiger partial charge in [-0.25, -0.2) is 4.79 Å². The number of para-hydroxylation sites is 1. The maximum Gasteiger partial charge on any atom is 0.333 e. The third-order valence-corrected chi connectivity index (χ3v) is 3.30. The lowest BCUT2D eigenvalue weighted by atomic mass is 9.98. The number of benzene rings is 1. The van der Waals surface area contributed by atoms with Gasteiger partial charge >= 0.3 is 5.97 Å². The Hall–Kier alpha value is -1.97. The van der Waals surface area contributed by atoms with E-state index < -0.39 is 5.54 Å². The van der Waals surface area contributed by atoms with Crippen LogP contribution in [0.4, 0.5) is 0 Å². The van der Waals surface area contributed by atoms with E-state index in [0.29, 0.717) is 19.1 Å². The van der Waals surface area contributed by atoms with Gasteiger partial charge < -0.3 is 10.2 Å². The molecule has 0 saturated heterocycles. The molecule has 4 nitrogen and oxygen atoms in total. The van der Waals surface area contributed by atoms with Gasteiger partial charge in [-0.3, -0.25) is 4.68 Å². The average Bonchev–Trinajstić information content (AvgIpc) is 2.88. The number of aromatic nitrogens is 1. The smallest absolute Gasteiger partial charge is 0.333 e. The molecule has 18 heavy (non-hydrogen) atoms. The van der Waals surface area contributed by atoms with Crippen molar-refractivity contribution in [1.29, 1.82) is 0 Å². The lowest BCUT2D eigenvalue weighted by Gasteiger charge is -2.22. The molecule has 0 radical (unpaired) electrons. The van der Waals surface area contributed by atoms with Crippen molar-refractivity contribution >= 4 is 16.9 Å². The first kappa shape index (κ1) is 10.00. The summed E-state index contributed by atoms with van der Waals surface area (Å²) in [7, 11) is 0. The minimum Gasteiger partial charge on any atom is -0.464 e. The largest absolute Gasteiger partial charge is 0.464 e. The van der Waals surface area contributed by atoms with E-state index in [9.17, 15) is 4.79 Å². The SMILES string of the molecule is [2H]c1c2n(c3ccccc13)NC(C)(C(=O)OCC)C2. The number of carbonyl (C=O) groups excluding carboxylic acids is 1. The molecule has 0 bridgehead atoms. The zero-order valence-corrected chi connectivity index (χ0v) is 10.5. The number of hydrogen-bond acceptors (Lipinski definition) is 3. The van der Waals surface area contributed by atoms with E-state index in [1.807, 2.05) is 35.9 Å². The Bertz CT molecular complexity index is 665. The van der Waals surface area contributed by atoms with Crippen LogP contribution in [-0.4, -0.2) is 22.8 Å². The van der Waals surface area contributed by atoms with Crippen LogP contribution in [0.15, 0.2) is 30.3 Å². The monoisotopic (exact) mass is 245 g/mol. The topological polar surface area (TPSA) is 43.3 Å². The summed E-state index contributed by atoms with van der Waals surface area (Å²) in [6, 6.07) is 8.20. The van der Waals surface area contributed by atoms with Gasteiger partial charge in [-0.05, 0) is 26.0 Å². The van der Waals surface area contributed by atoms with Crippen LogP contribution in [0.5, 0.6) is 0 Å². The number of hydrogen-bond donors (Lipinski definition) is 1. The number of ether oxygens (including phenoxy) is 1. The average molecular weight is 245 g/mol. The van der Waals surface area contributed by atoms with E-state index in [1.165, 1.54) is 0 Å². The van der Waals surface area contributed by atoms with Gasteiger partial charge in [0.15, 0.2) is 5.54 Å². The minimum atomic E-state index is -0.787. The highest BCUT2D eigenvalue weighted by molar-refractivity contribution is 5.87. The van der Waals surface area contributed by atoms with Gasteiger partial charge in [0.25, 0.3) is 0 Å². The molecule has 1 N–H and O–H groups in total. The van der Waals surface area contributed by atoms with E-state index in [1.54, 1.807) is 6.92 Å². The Balaban J connectivity index is 2.06. The van der Waals surface area contributed by atoms with Gasteiger partial charge in [0.2, 0.25) is 0 Å². The summed E-state index contributed by atoms with van der Waals surface area (Å²) in [6.07, 6.45) is 0.472. The fourth-order valence-electron chi connectivity index (χ4n) is 2.41. The van der Waals surface area contributed by atoms with Crippen LogP contribution in [0, 0.1) is 0 Å². The Morgan fingerprint density at radius 1 is 1.61 bits per heavy atom. The number of carbonyl (C=O) groups is 1. The Kier molecular flexibility index (Phi) is 2.09. The summed E-state index contributed by atoms with van der Waals surface area (Å²) in [6.45, 7) is 3.97. The quantitative estimate of drug-likeness (QED) is 0.824. The lowest BCUT2D eigenvalue weighted by molar-refractivity contribution is -0.147. The van der Waals surface area contributed by atoms with Gasteiger partial charge in [-0.2, -0.15) is 0 Å². The van der Waals surface area contributed by atoms with Crippen LogP contribution >= 0.6 is 0 Å². The van der Waals surface area contributed by atoms with Gasteiger partial charge in [0, 0.05) is 17.5 Å². The lowest BCUT2D eigenvalue weighted by Crippen LogP contribution is -2.45. The normalized spacial score (nSPS) is 22.4. The second kappa shape index (κ2) is 3.77. The molecule has 1 atom stereocenters. The second-order valence-electron chi connectivity index (χ2n) is 4.77. The van der Waals surface area contributed by atoms with Gasteiger partial charge in [-0.1, -0.05) is 18.2 Å². The van der Waals surface area contributed by atoms with E-state index in [0.717, 1.165) is 16.6 Å². The standard InChI is InChI=1S/C14H16N2O2/c1-3-18-13(17)14(2)9-11-8-10-6-4-5-7-12(10)16(11)15-14/h4-8,15H,3,9H2,1-2H3/i8D. The Morgan fingerprint density at radius 2 is 2.39 bits per heavy atom. The molecule has 1 aliphatic rings. The predicted molar refractivity (Wildman–Crippen MR) is 70.0 cm³/mol. The molecule has 1 unspecified atom stereocenters. The molecule has 0 fully saturated rings. The van der Waals surface area contributed by atoms with Crippen molar-refractivity contribution in [2.75, 3.05) is 12.0 Å². The minimum absolute atomic E-state index is 0.276. The van der Waals surface area contributed by atoms with E-state index in [4.69, 9.17) is 6.11 Å². The third-order valence-electron chi connectivity index (χ3n) is 3.30. The van der Waals surface area contributed by atoms with Gasteiger partial charge in [0.05, 0.1) is 13.5 Å². The summed E-state index contributed by atoms with van der Waals surface area (Å²) in [5.74, 6) is -0.276. The molecule has 0 amide bonds. The van der Waals surface area contributed by atoms with E-state index >= 15 is 0 Å². The first-order valence-corrected chi connectivity index (χ1v) is 6.11. The predicted octanol–water partition coefficient (Wildman–Crippen LogP) is 2.06. The van der Waals surface area contributed by atoms with E-state index in [2.05, 4.69) is 5.43 Å². The number of esters is 1. The maximum absolute atomic E-state index is 12.0. The number of nitrogens with zero attached hydrogens (tertiary/aromatic N) is 1. The maximum atomic E-state index is 12.0.